The lowest BCUT2D eigenvalue weighted by atomic mass is 10.0. The van der Waals surface area contributed by atoms with Crippen LogP contribution in [0.15, 0.2) is 54.6 Å². The maximum absolute atomic E-state index is 13.6. The van der Waals surface area contributed by atoms with Crippen molar-refractivity contribution in [2.45, 2.75) is 63.5 Å². The fourth-order valence-corrected chi connectivity index (χ4v) is 6.15. The third kappa shape index (κ3) is 6.63. The van der Waals surface area contributed by atoms with Gasteiger partial charge < -0.3 is 20.4 Å². The zero-order valence-corrected chi connectivity index (χ0v) is 21.9. The summed E-state index contributed by atoms with van der Waals surface area (Å²) in [4.78, 5) is 33.0. The van der Waals surface area contributed by atoms with Crippen molar-refractivity contribution >= 4 is 23.3 Å². The maximum atomic E-state index is 13.6. The van der Waals surface area contributed by atoms with Crippen molar-refractivity contribution in [3.63, 3.8) is 0 Å². The molecule has 198 valence electrons. The molecule has 3 fully saturated rings. The van der Waals surface area contributed by atoms with Gasteiger partial charge in [-0.25, -0.2) is 4.79 Å². The Labute approximate surface area is 221 Å². The highest BCUT2D eigenvalue weighted by atomic mass is 16.2. The van der Waals surface area contributed by atoms with Gasteiger partial charge in [-0.15, -0.1) is 0 Å². The number of carbonyl (C=O) groups is 2. The van der Waals surface area contributed by atoms with Gasteiger partial charge in [0.05, 0.1) is 5.56 Å². The molecule has 0 bridgehead atoms. The van der Waals surface area contributed by atoms with E-state index in [1.165, 1.54) is 38.5 Å². The van der Waals surface area contributed by atoms with Crippen molar-refractivity contribution in [3.8, 4) is 0 Å². The van der Waals surface area contributed by atoms with Crippen LogP contribution in [0, 0.1) is 0 Å². The molecule has 37 heavy (non-hydrogen) atoms. The van der Waals surface area contributed by atoms with E-state index in [2.05, 4.69) is 26.5 Å². The predicted octanol–water partition coefficient (Wildman–Crippen LogP) is 4.96. The zero-order chi connectivity index (χ0) is 25.5. The Hall–Kier alpha value is -3.06. The van der Waals surface area contributed by atoms with Gasteiger partial charge in [-0.1, -0.05) is 56.0 Å². The summed E-state index contributed by atoms with van der Waals surface area (Å²) in [6.45, 7) is 5.23. The normalized spacial score (nSPS) is 20.3. The lowest BCUT2D eigenvalue weighted by Gasteiger charge is -2.40. The van der Waals surface area contributed by atoms with Gasteiger partial charge in [-0.3, -0.25) is 9.69 Å². The second-order valence-corrected chi connectivity index (χ2v) is 10.7. The Kier molecular flexibility index (Phi) is 8.61. The van der Waals surface area contributed by atoms with Crippen LogP contribution < -0.4 is 15.5 Å². The molecule has 2 N–H and O–H groups in total. The molecular formula is C30H41N5O2. The predicted molar refractivity (Wildman–Crippen MR) is 149 cm³/mol. The van der Waals surface area contributed by atoms with E-state index in [4.69, 9.17) is 0 Å². The quantitative estimate of drug-likeness (QED) is 0.566. The Morgan fingerprint density at radius 3 is 2.05 bits per heavy atom. The van der Waals surface area contributed by atoms with Gasteiger partial charge in [0.2, 0.25) is 0 Å². The van der Waals surface area contributed by atoms with Gasteiger partial charge in [0.25, 0.3) is 5.91 Å². The number of benzene rings is 2. The highest BCUT2D eigenvalue weighted by Crippen LogP contribution is 2.27. The molecule has 0 unspecified atom stereocenters. The molecule has 0 radical (unpaired) electrons. The third-order valence-corrected chi connectivity index (χ3v) is 8.28. The number of anilines is 2. The molecule has 5 rings (SSSR count). The van der Waals surface area contributed by atoms with Crippen LogP contribution in [0.5, 0.6) is 0 Å². The molecular weight excluding hydrogens is 462 g/mol. The Morgan fingerprint density at radius 2 is 1.35 bits per heavy atom. The Balaban J connectivity index is 1.14. The molecule has 2 heterocycles. The largest absolute Gasteiger partial charge is 0.371 e. The minimum atomic E-state index is -0.164. The van der Waals surface area contributed by atoms with Crippen LogP contribution >= 0.6 is 0 Å². The van der Waals surface area contributed by atoms with Crippen LogP contribution in [0.1, 0.15) is 61.7 Å². The fourth-order valence-electron chi connectivity index (χ4n) is 6.15. The number of hydrogen-bond donors (Lipinski definition) is 2. The van der Waals surface area contributed by atoms with E-state index in [0.717, 1.165) is 69.0 Å². The van der Waals surface area contributed by atoms with Gasteiger partial charge >= 0.3 is 6.03 Å². The van der Waals surface area contributed by atoms with E-state index in [-0.39, 0.29) is 18.0 Å². The number of amides is 3. The topological polar surface area (TPSA) is 67.9 Å². The highest BCUT2D eigenvalue weighted by Gasteiger charge is 2.29. The van der Waals surface area contributed by atoms with Crippen LogP contribution in [0.3, 0.4) is 0 Å². The summed E-state index contributed by atoms with van der Waals surface area (Å²) in [6.07, 6.45) is 9.78. The molecule has 0 aromatic heterocycles. The van der Waals surface area contributed by atoms with Gasteiger partial charge in [-0.2, -0.15) is 0 Å². The molecule has 0 atom stereocenters. The molecule has 7 heteroatoms. The first-order chi connectivity index (χ1) is 18.2. The first-order valence-electron chi connectivity index (χ1n) is 14.2. The highest BCUT2D eigenvalue weighted by molar-refractivity contribution is 6.00. The molecule has 0 spiro atoms. The van der Waals surface area contributed by atoms with E-state index in [0.29, 0.717) is 6.04 Å². The van der Waals surface area contributed by atoms with E-state index in [1.54, 1.807) is 0 Å². The summed E-state index contributed by atoms with van der Waals surface area (Å²) in [5, 5.41) is 6.01. The number of para-hydroxylation sites is 2. The summed E-state index contributed by atoms with van der Waals surface area (Å²) in [6, 6.07) is 18.2. The standard InChI is InChI=1S/C30H41N5O2/c36-29(35-22-20-33(21-23-35)26-12-6-1-2-7-13-26)27-14-8-9-15-28(27)34-18-16-25(17-19-34)32-30(37)31-24-10-4-3-5-11-24/h3-5,8-11,14-15,25-26H,1-2,6-7,12-13,16-23H2,(H2,31,32,37). The molecule has 2 aliphatic heterocycles. The second kappa shape index (κ2) is 12.5. The molecule has 2 aromatic carbocycles. The van der Waals surface area contributed by atoms with Crippen molar-refractivity contribution in [1.29, 1.82) is 0 Å². The summed E-state index contributed by atoms with van der Waals surface area (Å²) < 4.78 is 0. The monoisotopic (exact) mass is 503 g/mol. The molecule has 2 aromatic rings. The second-order valence-electron chi connectivity index (χ2n) is 10.7. The fraction of sp³-hybridized carbons (Fsp3) is 0.533. The first-order valence-corrected chi connectivity index (χ1v) is 14.2. The van der Waals surface area contributed by atoms with Crippen molar-refractivity contribution in [2.24, 2.45) is 0 Å². The van der Waals surface area contributed by atoms with Crippen LogP contribution in [0.25, 0.3) is 0 Å². The van der Waals surface area contributed by atoms with E-state index < -0.39 is 0 Å². The number of nitrogens with one attached hydrogen (secondary N) is 2. The zero-order valence-electron chi connectivity index (χ0n) is 21.9. The van der Waals surface area contributed by atoms with Crippen LogP contribution in [0.2, 0.25) is 0 Å². The number of urea groups is 1. The summed E-state index contributed by atoms with van der Waals surface area (Å²) >= 11 is 0. The number of piperidine rings is 1. The van der Waals surface area contributed by atoms with Crippen LogP contribution in [0.4, 0.5) is 16.2 Å². The van der Waals surface area contributed by atoms with E-state index >= 15 is 0 Å². The minimum absolute atomic E-state index is 0.125. The molecule has 7 nitrogen and oxygen atoms in total. The summed E-state index contributed by atoms with van der Waals surface area (Å²) in [5.41, 5.74) is 2.62. The van der Waals surface area contributed by atoms with Crippen LogP contribution in [-0.4, -0.2) is 73.1 Å². The number of rotatable bonds is 5. The summed E-state index contributed by atoms with van der Waals surface area (Å²) in [7, 11) is 0. The number of piperazine rings is 1. The average Bonchev–Trinajstić information content (AvgIpc) is 3.24. The van der Waals surface area contributed by atoms with Gasteiger partial charge in [0, 0.05) is 62.7 Å². The smallest absolute Gasteiger partial charge is 0.319 e. The third-order valence-electron chi connectivity index (χ3n) is 8.28. The van der Waals surface area contributed by atoms with Crippen molar-refractivity contribution < 1.29 is 9.59 Å². The molecule has 1 saturated carbocycles. The number of carbonyl (C=O) groups excluding carboxylic acids is 2. The van der Waals surface area contributed by atoms with Crippen LogP contribution in [-0.2, 0) is 0 Å². The Morgan fingerprint density at radius 1 is 0.703 bits per heavy atom. The van der Waals surface area contributed by atoms with Gasteiger partial charge in [0.1, 0.15) is 0 Å². The van der Waals surface area contributed by atoms with Crippen molar-refractivity contribution in [2.75, 3.05) is 49.5 Å². The first kappa shape index (κ1) is 25.6. The van der Waals surface area contributed by atoms with Crippen molar-refractivity contribution in [3.05, 3.63) is 60.2 Å². The maximum Gasteiger partial charge on any atom is 0.319 e. The van der Waals surface area contributed by atoms with Gasteiger partial charge in [-0.05, 0) is 49.9 Å². The van der Waals surface area contributed by atoms with Gasteiger partial charge in [0.15, 0.2) is 0 Å². The lowest BCUT2D eigenvalue weighted by Crippen LogP contribution is -2.52. The molecule has 3 amide bonds. The number of hydrogen-bond acceptors (Lipinski definition) is 4. The minimum Gasteiger partial charge on any atom is -0.371 e. The molecule has 1 aliphatic carbocycles. The SMILES string of the molecule is O=C(Nc1ccccc1)NC1CCN(c2ccccc2C(=O)N2CCN(C3CCCCCC3)CC2)CC1. The average molecular weight is 504 g/mol. The van der Waals surface area contributed by atoms with Crippen molar-refractivity contribution in [1.82, 2.24) is 15.1 Å². The lowest BCUT2D eigenvalue weighted by molar-refractivity contribution is 0.0552. The molecule has 3 aliphatic rings. The Bertz CT molecular complexity index is 1020. The van der Waals surface area contributed by atoms with E-state index in [9.17, 15) is 9.59 Å². The number of nitrogens with zero attached hydrogens (tertiary/aromatic N) is 3. The van der Waals surface area contributed by atoms with E-state index in [1.807, 2.05) is 53.4 Å². The summed E-state index contributed by atoms with van der Waals surface area (Å²) in [5.74, 6) is 0.151. The molecule has 2 saturated heterocycles.